The van der Waals surface area contributed by atoms with Crippen molar-refractivity contribution >= 4 is 27.3 Å². The summed E-state index contributed by atoms with van der Waals surface area (Å²) < 4.78 is 37.2. The van der Waals surface area contributed by atoms with Crippen LogP contribution in [0.1, 0.15) is 26.7 Å². The number of aromatic nitrogens is 1. The summed E-state index contributed by atoms with van der Waals surface area (Å²) in [5.74, 6) is 0. The minimum Gasteiger partial charge on any atom is -0.240 e. The van der Waals surface area contributed by atoms with Crippen LogP contribution < -0.4 is 0 Å². The van der Waals surface area contributed by atoms with Crippen molar-refractivity contribution in [2.45, 2.75) is 23.8 Å². The highest BCUT2D eigenvalue weighted by atomic mass is 79.9. The molecular formula is C13H11BrF3NS. The van der Waals surface area contributed by atoms with Gasteiger partial charge in [0.2, 0.25) is 0 Å². The van der Waals surface area contributed by atoms with Crippen molar-refractivity contribution in [2.75, 3.05) is 0 Å². The minimum atomic E-state index is -4.34. The number of thiazole rings is 1. The van der Waals surface area contributed by atoms with E-state index in [1.54, 1.807) is 0 Å². The Bertz CT molecular complexity index is 524. The van der Waals surface area contributed by atoms with E-state index in [0.29, 0.717) is 11.3 Å². The predicted octanol–water partition coefficient (Wildman–Crippen LogP) is 5.23. The molecule has 0 bridgehead atoms. The standard InChI is InChI=1S/C13H11BrF3NS/c14-11(9-4-2-1-3-5-9)7-6-10-8-18-12(19-10)13(15,16)17/h1-5,8,11H,6-7H2. The molecule has 0 saturated heterocycles. The Morgan fingerprint density at radius 3 is 2.47 bits per heavy atom. The van der Waals surface area contributed by atoms with Gasteiger partial charge in [0.05, 0.1) is 0 Å². The number of nitrogens with zero attached hydrogens (tertiary/aromatic N) is 1. The van der Waals surface area contributed by atoms with Gasteiger partial charge < -0.3 is 0 Å². The van der Waals surface area contributed by atoms with Gasteiger partial charge in [0.25, 0.3) is 0 Å². The van der Waals surface area contributed by atoms with Crippen molar-refractivity contribution < 1.29 is 13.2 Å². The summed E-state index contributed by atoms with van der Waals surface area (Å²) in [6.45, 7) is 0. The summed E-state index contributed by atoms with van der Waals surface area (Å²) in [6, 6.07) is 9.80. The molecule has 6 heteroatoms. The molecule has 1 nitrogen and oxygen atoms in total. The molecule has 0 amide bonds. The Hall–Kier alpha value is -0.880. The van der Waals surface area contributed by atoms with Gasteiger partial charge in [-0.25, -0.2) is 4.98 Å². The molecule has 19 heavy (non-hydrogen) atoms. The fraction of sp³-hybridized carbons (Fsp3) is 0.308. The highest BCUT2D eigenvalue weighted by Gasteiger charge is 2.34. The number of rotatable bonds is 4. The zero-order valence-corrected chi connectivity index (χ0v) is 12.2. The lowest BCUT2D eigenvalue weighted by Crippen LogP contribution is -2.02. The average Bonchev–Trinajstić information content (AvgIpc) is 2.86. The van der Waals surface area contributed by atoms with E-state index in [-0.39, 0.29) is 4.83 Å². The van der Waals surface area contributed by atoms with Crippen LogP contribution in [0, 0.1) is 0 Å². The summed E-state index contributed by atoms with van der Waals surface area (Å²) in [5, 5.41) is -0.770. The van der Waals surface area contributed by atoms with E-state index < -0.39 is 11.2 Å². The first-order chi connectivity index (χ1) is 8.97. The van der Waals surface area contributed by atoms with Crippen LogP contribution in [0.3, 0.4) is 0 Å². The van der Waals surface area contributed by atoms with Crippen LogP contribution in [0.2, 0.25) is 0 Å². The molecule has 1 heterocycles. The maximum absolute atomic E-state index is 12.4. The lowest BCUT2D eigenvalue weighted by atomic mass is 10.1. The first kappa shape index (κ1) is 14.5. The summed E-state index contributed by atoms with van der Waals surface area (Å²) in [4.78, 5) is 4.22. The topological polar surface area (TPSA) is 12.9 Å². The minimum absolute atomic E-state index is 0.144. The second-order valence-electron chi connectivity index (χ2n) is 4.05. The summed E-state index contributed by atoms with van der Waals surface area (Å²) in [5.41, 5.74) is 1.13. The van der Waals surface area contributed by atoms with Gasteiger partial charge >= 0.3 is 6.18 Å². The Morgan fingerprint density at radius 2 is 1.89 bits per heavy atom. The molecule has 102 valence electrons. The molecule has 0 aliphatic rings. The number of benzene rings is 1. The van der Waals surface area contributed by atoms with E-state index in [0.717, 1.165) is 23.3 Å². The largest absolute Gasteiger partial charge is 0.443 e. The number of alkyl halides is 4. The molecular weight excluding hydrogens is 339 g/mol. The summed E-state index contributed by atoms with van der Waals surface area (Å²) in [7, 11) is 0. The third-order valence-corrected chi connectivity index (χ3v) is 4.69. The Balaban J connectivity index is 1.94. The van der Waals surface area contributed by atoms with Gasteiger partial charge in [0, 0.05) is 15.9 Å². The third-order valence-electron chi connectivity index (χ3n) is 2.60. The van der Waals surface area contributed by atoms with Crippen LogP contribution in [-0.4, -0.2) is 4.98 Å². The molecule has 0 radical (unpaired) electrons. The highest BCUT2D eigenvalue weighted by Crippen LogP contribution is 2.34. The number of aryl methyl sites for hydroxylation is 1. The lowest BCUT2D eigenvalue weighted by Gasteiger charge is -2.08. The molecule has 0 fully saturated rings. The number of halogens is 4. The third kappa shape index (κ3) is 4.04. The highest BCUT2D eigenvalue weighted by molar-refractivity contribution is 9.09. The number of hydrogen-bond acceptors (Lipinski definition) is 2. The quantitative estimate of drug-likeness (QED) is 0.688. The molecule has 1 aromatic heterocycles. The average molecular weight is 350 g/mol. The van der Waals surface area contributed by atoms with Crippen molar-refractivity contribution in [2.24, 2.45) is 0 Å². The monoisotopic (exact) mass is 349 g/mol. The van der Waals surface area contributed by atoms with Crippen LogP contribution in [0.25, 0.3) is 0 Å². The van der Waals surface area contributed by atoms with Crippen molar-refractivity contribution in [3.8, 4) is 0 Å². The molecule has 0 spiro atoms. The lowest BCUT2D eigenvalue weighted by molar-refractivity contribution is -0.137. The van der Waals surface area contributed by atoms with Crippen LogP contribution in [-0.2, 0) is 12.6 Å². The van der Waals surface area contributed by atoms with Gasteiger partial charge in [-0.05, 0) is 18.4 Å². The Morgan fingerprint density at radius 1 is 1.21 bits per heavy atom. The zero-order valence-electron chi connectivity index (χ0n) is 9.82. The summed E-state index contributed by atoms with van der Waals surface area (Å²) in [6.07, 6.45) is -1.70. The molecule has 1 unspecified atom stereocenters. The molecule has 1 atom stereocenters. The van der Waals surface area contributed by atoms with Gasteiger partial charge in [-0.15, -0.1) is 11.3 Å². The first-order valence-corrected chi connectivity index (χ1v) is 7.41. The van der Waals surface area contributed by atoms with E-state index in [1.807, 2.05) is 30.3 Å². The smallest absolute Gasteiger partial charge is 0.240 e. The zero-order chi connectivity index (χ0) is 13.9. The van der Waals surface area contributed by atoms with Crippen molar-refractivity contribution in [1.29, 1.82) is 0 Å². The van der Waals surface area contributed by atoms with E-state index in [9.17, 15) is 13.2 Å². The fourth-order valence-corrected chi connectivity index (χ4v) is 2.98. The van der Waals surface area contributed by atoms with Crippen LogP contribution >= 0.6 is 27.3 Å². The maximum Gasteiger partial charge on any atom is 0.443 e. The first-order valence-electron chi connectivity index (χ1n) is 5.68. The number of hydrogen-bond donors (Lipinski definition) is 0. The van der Waals surface area contributed by atoms with Crippen LogP contribution in [0.4, 0.5) is 13.2 Å². The molecule has 2 rings (SSSR count). The molecule has 1 aromatic carbocycles. The van der Waals surface area contributed by atoms with Gasteiger partial charge in [0.1, 0.15) is 0 Å². The molecule has 0 aliphatic heterocycles. The van der Waals surface area contributed by atoms with Gasteiger partial charge in [-0.1, -0.05) is 46.3 Å². The van der Waals surface area contributed by atoms with E-state index >= 15 is 0 Å². The van der Waals surface area contributed by atoms with E-state index in [2.05, 4.69) is 20.9 Å². The van der Waals surface area contributed by atoms with Gasteiger partial charge in [-0.2, -0.15) is 13.2 Å². The maximum atomic E-state index is 12.4. The summed E-state index contributed by atoms with van der Waals surface area (Å²) >= 11 is 4.27. The molecule has 0 aliphatic carbocycles. The predicted molar refractivity (Wildman–Crippen MR) is 73.5 cm³/mol. The van der Waals surface area contributed by atoms with Gasteiger partial charge in [0.15, 0.2) is 5.01 Å². The molecule has 2 aromatic rings. The SMILES string of the molecule is FC(F)(F)c1ncc(CCC(Br)c2ccccc2)s1. The van der Waals surface area contributed by atoms with Crippen molar-refractivity contribution in [3.63, 3.8) is 0 Å². The van der Waals surface area contributed by atoms with E-state index in [4.69, 9.17) is 0 Å². The Labute approximate surface area is 121 Å². The molecule has 0 saturated carbocycles. The van der Waals surface area contributed by atoms with Crippen molar-refractivity contribution in [1.82, 2.24) is 4.98 Å². The second-order valence-corrected chi connectivity index (χ2v) is 6.27. The van der Waals surface area contributed by atoms with E-state index in [1.165, 1.54) is 6.20 Å². The Kier molecular flexibility index (Phi) is 4.62. The van der Waals surface area contributed by atoms with Crippen LogP contribution in [0.15, 0.2) is 36.5 Å². The molecule has 0 N–H and O–H groups in total. The normalized spacial score (nSPS) is 13.5. The second kappa shape index (κ2) is 6.05. The van der Waals surface area contributed by atoms with Gasteiger partial charge in [-0.3, -0.25) is 0 Å². The van der Waals surface area contributed by atoms with Crippen molar-refractivity contribution in [3.05, 3.63) is 52.0 Å². The fourth-order valence-electron chi connectivity index (χ4n) is 1.65. The van der Waals surface area contributed by atoms with Crippen LogP contribution in [0.5, 0.6) is 0 Å².